The Bertz CT molecular complexity index is 1020. The van der Waals surface area contributed by atoms with Crippen LogP contribution in [0, 0.1) is 0 Å². The minimum atomic E-state index is -3.43. The maximum atomic E-state index is 12.6. The highest BCUT2D eigenvalue weighted by molar-refractivity contribution is 8.00. The second-order valence-electron chi connectivity index (χ2n) is 7.49. The number of nitrogens with zero attached hydrogens (tertiary/aromatic N) is 1. The van der Waals surface area contributed by atoms with Crippen LogP contribution in [0.3, 0.4) is 0 Å². The summed E-state index contributed by atoms with van der Waals surface area (Å²) in [6.07, 6.45) is 3.58. The molecule has 1 amide bonds. The molecule has 1 heterocycles. The minimum Gasteiger partial charge on any atom is -0.462 e. The fourth-order valence-corrected chi connectivity index (χ4v) is 5.43. The molecule has 0 radical (unpaired) electrons. The van der Waals surface area contributed by atoms with E-state index in [-0.39, 0.29) is 22.5 Å². The van der Waals surface area contributed by atoms with Gasteiger partial charge in [-0.1, -0.05) is 13.3 Å². The number of sulfonamides is 1. The van der Waals surface area contributed by atoms with Crippen LogP contribution in [0.25, 0.3) is 0 Å². The summed E-state index contributed by atoms with van der Waals surface area (Å²) in [7, 11) is -3.43. The molecule has 9 heteroatoms. The predicted molar refractivity (Wildman–Crippen MR) is 125 cm³/mol. The van der Waals surface area contributed by atoms with E-state index in [1.807, 2.05) is 6.92 Å². The zero-order valence-electron chi connectivity index (χ0n) is 18.1. The first-order chi connectivity index (χ1) is 15.4. The highest BCUT2D eigenvalue weighted by Gasteiger charge is 2.26. The Labute approximate surface area is 193 Å². The second-order valence-corrected chi connectivity index (χ2v) is 10.5. The van der Waals surface area contributed by atoms with Crippen LogP contribution in [-0.2, 0) is 19.6 Å². The van der Waals surface area contributed by atoms with E-state index >= 15 is 0 Å². The first kappa shape index (κ1) is 24.3. The van der Waals surface area contributed by atoms with Crippen molar-refractivity contribution in [1.82, 2.24) is 4.31 Å². The average molecular weight is 477 g/mol. The van der Waals surface area contributed by atoms with Crippen LogP contribution in [0.5, 0.6) is 0 Å². The van der Waals surface area contributed by atoms with E-state index in [9.17, 15) is 18.0 Å². The smallest absolute Gasteiger partial charge is 0.338 e. The van der Waals surface area contributed by atoms with Gasteiger partial charge in [0.25, 0.3) is 0 Å². The number of hydrogen-bond donors (Lipinski definition) is 1. The molecule has 2 aromatic rings. The number of esters is 1. The third-order valence-electron chi connectivity index (χ3n) is 5.03. The van der Waals surface area contributed by atoms with Crippen molar-refractivity contribution in [2.24, 2.45) is 0 Å². The Morgan fingerprint density at radius 1 is 1.03 bits per heavy atom. The molecule has 7 nitrogen and oxygen atoms in total. The minimum absolute atomic E-state index is 0.180. The van der Waals surface area contributed by atoms with Crippen LogP contribution >= 0.6 is 11.8 Å². The number of unbranched alkanes of at least 4 members (excludes halogenated alkanes) is 1. The Kier molecular flexibility index (Phi) is 8.72. The number of rotatable bonds is 10. The molecule has 1 aliphatic rings. The van der Waals surface area contributed by atoms with Crippen molar-refractivity contribution in [3.05, 3.63) is 54.1 Å². The molecule has 0 aromatic heterocycles. The summed E-state index contributed by atoms with van der Waals surface area (Å²) >= 11 is 1.32. The Balaban J connectivity index is 1.48. The van der Waals surface area contributed by atoms with E-state index in [1.165, 1.54) is 16.1 Å². The van der Waals surface area contributed by atoms with Gasteiger partial charge >= 0.3 is 5.97 Å². The lowest BCUT2D eigenvalue weighted by Gasteiger charge is -2.15. The van der Waals surface area contributed by atoms with Crippen molar-refractivity contribution in [3.63, 3.8) is 0 Å². The standard InChI is InChI=1S/C23H28N2O5S2/c1-2-3-16-30-23(27)18-6-8-19(9-7-18)24-22(26)17-31-20-10-12-21(13-11-20)32(28,29)25-14-4-5-15-25/h6-13H,2-5,14-17H2,1H3,(H,24,26). The molecule has 172 valence electrons. The summed E-state index contributed by atoms with van der Waals surface area (Å²) in [4.78, 5) is 25.3. The number of amides is 1. The molecule has 3 rings (SSSR count). The predicted octanol–water partition coefficient (Wildman–Crippen LogP) is 4.16. The third-order valence-corrected chi connectivity index (χ3v) is 7.96. The summed E-state index contributed by atoms with van der Waals surface area (Å²) in [5.74, 6) is -0.386. The van der Waals surface area contributed by atoms with Crippen LogP contribution in [0.2, 0.25) is 0 Å². The number of anilines is 1. The molecule has 2 aromatic carbocycles. The van der Waals surface area contributed by atoms with Crippen LogP contribution in [0.1, 0.15) is 43.0 Å². The van der Waals surface area contributed by atoms with Crippen LogP contribution in [-0.4, -0.2) is 50.0 Å². The van der Waals surface area contributed by atoms with Gasteiger partial charge in [-0.3, -0.25) is 4.79 Å². The lowest BCUT2D eigenvalue weighted by atomic mass is 10.2. The van der Waals surface area contributed by atoms with E-state index < -0.39 is 10.0 Å². The van der Waals surface area contributed by atoms with Crippen molar-refractivity contribution < 1.29 is 22.7 Å². The van der Waals surface area contributed by atoms with Gasteiger partial charge in [0.15, 0.2) is 0 Å². The molecule has 1 N–H and O–H groups in total. The van der Waals surface area contributed by atoms with E-state index in [0.717, 1.165) is 30.6 Å². The maximum absolute atomic E-state index is 12.6. The lowest BCUT2D eigenvalue weighted by molar-refractivity contribution is -0.113. The number of carbonyl (C=O) groups is 2. The van der Waals surface area contributed by atoms with Gasteiger partial charge in [-0.15, -0.1) is 11.8 Å². The molecule has 1 aliphatic heterocycles. The van der Waals surface area contributed by atoms with E-state index in [0.29, 0.717) is 30.9 Å². The normalized spacial score (nSPS) is 14.3. The Morgan fingerprint density at radius 3 is 2.31 bits per heavy atom. The van der Waals surface area contributed by atoms with Crippen molar-refractivity contribution in [2.45, 2.75) is 42.4 Å². The van der Waals surface area contributed by atoms with Gasteiger partial charge in [0.2, 0.25) is 15.9 Å². The van der Waals surface area contributed by atoms with Crippen molar-refractivity contribution >= 4 is 39.3 Å². The summed E-state index contributed by atoms with van der Waals surface area (Å²) in [5, 5.41) is 2.79. The SMILES string of the molecule is CCCCOC(=O)c1ccc(NC(=O)CSc2ccc(S(=O)(=O)N3CCCC3)cc2)cc1. The molecule has 0 bridgehead atoms. The third kappa shape index (κ3) is 6.57. The van der Waals surface area contributed by atoms with Crippen molar-refractivity contribution in [1.29, 1.82) is 0 Å². The molecule has 1 fully saturated rings. The number of thioether (sulfide) groups is 1. The number of carbonyl (C=O) groups excluding carboxylic acids is 2. The number of ether oxygens (including phenoxy) is 1. The van der Waals surface area contributed by atoms with Crippen LogP contribution in [0.4, 0.5) is 5.69 Å². The Hall–Kier alpha value is -2.36. The van der Waals surface area contributed by atoms with E-state index in [2.05, 4.69) is 5.32 Å². The average Bonchev–Trinajstić information content (AvgIpc) is 3.35. The van der Waals surface area contributed by atoms with Crippen molar-refractivity contribution in [3.8, 4) is 0 Å². The highest BCUT2D eigenvalue weighted by atomic mass is 32.2. The maximum Gasteiger partial charge on any atom is 0.338 e. The molecular weight excluding hydrogens is 448 g/mol. The fraction of sp³-hybridized carbons (Fsp3) is 0.391. The van der Waals surface area contributed by atoms with Gasteiger partial charge in [0, 0.05) is 23.7 Å². The molecular formula is C23H28N2O5S2. The van der Waals surface area contributed by atoms with Gasteiger partial charge in [0.1, 0.15) is 0 Å². The van der Waals surface area contributed by atoms with Gasteiger partial charge in [-0.25, -0.2) is 13.2 Å². The fourth-order valence-electron chi connectivity index (χ4n) is 3.21. The Morgan fingerprint density at radius 2 is 1.69 bits per heavy atom. The van der Waals surface area contributed by atoms with Gasteiger partial charge < -0.3 is 10.1 Å². The van der Waals surface area contributed by atoms with Crippen LogP contribution in [0.15, 0.2) is 58.3 Å². The highest BCUT2D eigenvalue weighted by Crippen LogP contribution is 2.24. The zero-order valence-corrected chi connectivity index (χ0v) is 19.7. The number of hydrogen-bond acceptors (Lipinski definition) is 6. The first-order valence-electron chi connectivity index (χ1n) is 10.7. The number of benzene rings is 2. The summed E-state index contributed by atoms with van der Waals surface area (Å²) in [5.41, 5.74) is 1.03. The number of nitrogens with one attached hydrogen (secondary N) is 1. The second kappa shape index (κ2) is 11.5. The molecule has 0 spiro atoms. The topological polar surface area (TPSA) is 92.8 Å². The van der Waals surface area contributed by atoms with Crippen molar-refractivity contribution in [2.75, 3.05) is 30.8 Å². The molecule has 0 unspecified atom stereocenters. The van der Waals surface area contributed by atoms with Crippen LogP contribution < -0.4 is 5.32 Å². The molecule has 0 atom stereocenters. The molecule has 0 saturated carbocycles. The van der Waals surface area contributed by atoms with Gasteiger partial charge in [0.05, 0.1) is 22.8 Å². The summed E-state index contributed by atoms with van der Waals surface area (Å²) < 4.78 is 31.8. The molecule has 32 heavy (non-hydrogen) atoms. The largest absolute Gasteiger partial charge is 0.462 e. The molecule has 0 aliphatic carbocycles. The monoisotopic (exact) mass is 476 g/mol. The molecule has 1 saturated heterocycles. The van der Waals surface area contributed by atoms with E-state index in [1.54, 1.807) is 48.5 Å². The van der Waals surface area contributed by atoms with Gasteiger partial charge in [-0.2, -0.15) is 4.31 Å². The first-order valence-corrected chi connectivity index (χ1v) is 13.1. The zero-order chi connectivity index (χ0) is 23.0. The lowest BCUT2D eigenvalue weighted by Crippen LogP contribution is -2.27. The summed E-state index contributed by atoms with van der Waals surface area (Å²) in [6, 6.07) is 13.2. The summed E-state index contributed by atoms with van der Waals surface area (Å²) in [6.45, 7) is 3.56. The van der Waals surface area contributed by atoms with E-state index in [4.69, 9.17) is 4.74 Å². The quantitative estimate of drug-likeness (QED) is 0.314. The van der Waals surface area contributed by atoms with Gasteiger partial charge in [-0.05, 0) is 67.8 Å².